The molecule has 1 aliphatic heterocycles. The van der Waals surface area contributed by atoms with Gasteiger partial charge in [0.2, 0.25) is 0 Å². The molecule has 0 N–H and O–H groups in total. The van der Waals surface area contributed by atoms with Crippen LogP contribution in [0, 0.1) is 0 Å². The molecule has 1 aliphatic rings. The predicted octanol–water partition coefficient (Wildman–Crippen LogP) is 4.20. The van der Waals surface area contributed by atoms with Crippen LogP contribution in [-0.2, 0) is 18.0 Å². The minimum atomic E-state index is -0.0340. The zero-order valence-electron chi connectivity index (χ0n) is 10.8. The van der Waals surface area contributed by atoms with E-state index < -0.39 is 0 Å². The predicted molar refractivity (Wildman–Crippen MR) is 76.2 cm³/mol. The van der Waals surface area contributed by atoms with Crippen molar-refractivity contribution in [2.75, 3.05) is 0 Å². The zero-order chi connectivity index (χ0) is 13.2. The molecule has 98 valence electrons. The van der Waals surface area contributed by atoms with Gasteiger partial charge in [0, 0.05) is 18.3 Å². The lowest BCUT2D eigenvalue weighted by atomic mass is 9.92. The highest BCUT2D eigenvalue weighted by Gasteiger charge is 2.20. The number of fused-ring (bicyclic) bond motifs is 1. The van der Waals surface area contributed by atoms with Crippen LogP contribution in [0.3, 0.4) is 0 Å². The van der Waals surface area contributed by atoms with Gasteiger partial charge in [0.25, 0.3) is 0 Å². The summed E-state index contributed by atoms with van der Waals surface area (Å²) in [7, 11) is 0. The van der Waals surface area contributed by atoms with Crippen LogP contribution in [0.15, 0.2) is 42.7 Å². The van der Waals surface area contributed by atoms with Gasteiger partial charge in [0.15, 0.2) is 0 Å². The van der Waals surface area contributed by atoms with Crippen molar-refractivity contribution >= 4 is 11.6 Å². The van der Waals surface area contributed by atoms with E-state index in [2.05, 4.69) is 30.1 Å². The summed E-state index contributed by atoms with van der Waals surface area (Å²) in [5.41, 5.74) is 4.93. The van der Waals surface area contributed by atoms with E-state index >= 15 is 0 Å². The van der Waals surface area contributed by atoms with Crippen molar-refractivity contribution in [3.05, 3.63) is 65.0 Å². The standard InChI is InChI=1S/C16H16ClNO/c1-11(12-4-6-18-7-5-12)16(17)13-2-3-14-9-19-10-15(14)8-13/h2-8,11,16H,9-10H2,1H3. The van der Waals surface area contributed by atoms with Crippen LogP contribution in [0.4, 0.5) is 0 Å². The molecule has 0 amide bonds. The molecule has 0 saturated heterocycles. The van der Waals surface area contributed by atoms with Gasteiger partial charge in [-0.25, -0.2) is 0 Å². The summed E-state index contributed by atoms with van der Waals surface area (Å²) in [6.07, 6.45) is 3.62. The van der Waals surface area contributed by atoms with Crippen molar-refractivity contribution < 1.29 is 4.74 Å². The lowest BCUT2D eigenvalue weighted by Gasteiger charge is -2.19. The zero-order valence-corrected chi connectivity index (χ0v) is 11.6. The molecule has 0 spiro atoms. The highest BCUT2D eigenvalue weighted by molar-refractivity contribution is 6.21. The highest BCUT2D eigenvalue weighted by Crippen LogP contribution is 2.37. The lowest BCUT2D eigenvalue weighted by Crippen LogP contribution is -2.03. The molecule has 2 aromatic rings. The number of halogens is 1. The highest BCUT2D eigenvalue weighted by atomic mass is 35.5. The minimum Gasteiger partial charge on any atom is -0.372 e. The summed E-state index contributed by atoms with van der Waals surface area (Å²) in [6, 6.07) is 10.5. The van der Waals surface area contributed by atoms with Gasteiger partial charge in [-0.15, -0.1) is 11.6 Å². The Morgan fingerprint density at radius 3 is 2.58 bits per heavy atom. The molecule has 0 fully saturated rings. The molecule has 0 radical (unpaired) electrons. The van der Waals surface area contributed by atoms with E-state index in [1.54, 1.807) is 0 Å². The van der Waals surface area contributed by atoms with Gasteiger partial charge in [-0.05, 0) is 34.4 Å². The second-order valence-corrected chi connectivity index (χ2v) is 5.46. The van der Waals surface area contributed by atoms with Gasteiger partial charge in [-0.2, -0.15) is 0 Å². The second-order valence-electron chi connectivity index (χ2n) is 4.99. The number of benzene rings is 1. The van der Waals surface area contributed by atoms with Gasteiger partial charge in [0.1, 0.15) is 0 Å². The fourth-order valence-electron chi connectivity index (χ4n) is 2.49. The number of ether oxygens (including phenoxy) is 1. The quantitative estimate of drug-likeness (QED) is 0.782. The fraction of sp³-hybridized carbons (Fsp3) is 0.312. The maximum Gasteiger partial charge on any atom is 0.0725 e. The molecular weight excluding hydrogens is 258 g/mol. The fourth-order valence-corrected chi connectivity index (χ4v) is 2.77. The molecule has 2 heterocycles. The normalized spacial score (nSPS) is 16.9. The maximum atomic E-state index is 6.63. The molecule has 0 bridgehead atoms. The summed E-state index contributed by atoms with van der Waals surface area (Å²) in [4.78, 5) is 4.05. The molecule has 2 nitrogen and oxygen atoms in total. The van der Waals surface area contributed by atoms with Gasteiger partial charge < -0.3 is 4.74 Å². The number of nitrogens with zero attached hydrogens (tertiary/aromatic N) is 1. The first kappa shape index (κ1) is 12.6. The monoisotopic (exact) mass is 273 g/mol. The molecule has 0 saturated carbocycles. The van der Waals surface area contributed by atoms with Gasteiger partial charge in [0.05, 0.1) is 18.6 Å². The van der Waals surface area contributed by atoms with Crippen molar-refractivity contribution in [3.63, 3.8) is 0 Å². The Labute approximate surface area is 118 Å². The van der Waals surface area contributed by atoms with E-state index in [0.717, 1.165) is 12.2 Å². The Morgan fingerprint density at radius 1 is 1.05 bits per heavy atom. The Bertz CT molecular complexity index is 570. The van der Waals surface area contributed by atoms with E-state index in [1.165, 1.54) is 16.7 Å². The van der Waals surface area contributed by atoms with E-state index in [-0.39, 0.29) is 11.3 Å². The third-order valence-corrected chi connectivity index (χ3v) is 4.36. The Balaban J connectivity index is 1.86. The van der Waals surface area contributed by atoms with Gasteiger partial charge >= 0.3 is 0 Å². The van der Waals surface area contributed by atoms with Crippen LogP contribution < -0.4 is 0 Å². The third kappa shape index (κ3) is 2.51. The van der Waals surface area contributed by atoms with Crippen LogP contribution in [0.25, 0.3) is 0 Å². The SMILES string of the molecule is CC(c1ccncc1)C(Cl)c1ccc2c(c1)COC2. The van der Waals surface area contributed by atoms with E-state index in [1.807, 2.05) is 24.5 Å². The Hall–Kier alpha value is -1.38. The van der Waals surface area contributed by atoms with Crippen LogP contribution in [-0.4, -0.2) is 4.98 Å². The van der Waals surface area contributed by atoms with Crippen molar-refractivity contribution in [1.82, 2.24) is 4.98 Å². The molecule has 2 atom stereocenters. The molecular formula is C16H16ClNO. The van der Waals surface area contributed by atoms with E-state index in [9.17, 15) is 0 Å². The van der Waals surface area contributed by atoms with Crippen molar-refractivity contribution in [3.8, 4) is 0 Å². The third-order valence-electron chi connectivity index (χ3n) is 3.73. The average molecular weight is 274 g/mol. The topological polar surface area (TPSA) is 22.1 Å². The summed E-state index contributed by atoms with van der Waals surface area (Å²) >= 11 is 6.63. The molecule has 1 aromatic heterocycles. The molecule has 3 rings (SSSR count). The molecule has 2 unspecified atom stereocenters. The Kier molecular flexibility index (Phi) is 3.54. The molecule has 3 heteroatoms. The van der Waals surface area contributed by atoms with Crippen LogP contribution in [0.2, 0.25) is 0 Å². The van der Waals surface area contributed by atoms with Gasteiger partial charge in [-0.1, -0.05) is 25.1 Å². The van der Waals surface area contributed by atoms with Crippen LogP contribution >= 0.6 is 11.6 Å². The first-order valence-corrected chi connectivity index (χ1v) is 6.93. The summed E-state index contributed by atoms with van der Waals surface area (Å²) in [5.74, 6) is 0.255. The first-order valence-electron chi connectivity index (χ1n) is 6.49. The molecule has 0 aliphatic carbocycles. The molecule has 19 heavy (non-hydrogen) atoms. The largest absolute Gasteiger partial charge is 0.372 e. The van der Waals surface area contributed by atoms with Crippen LogP contribution in [0.5, 0.6) is 0 Å². The summed E-state index contributed by atoms with van der Waals surface area (Å²) in [5, 5.41) is -0.0340. The van der Waals surface area contributed by atoms with Crippen molar-refractivity contribution in [1.29, 1.82) is 0 Å². The van der Waals surface area contributed by atoms with Crippen molar-refractivity contribution in [2.45, 2.75) is 31.4 Å². The maximum absolute atomic E-state index is 6.63. The minimum absolute atomic E-state index is 0.0340. The molecule has 1 aromatic carbocycles. The number of alkyl halides is 1. The lowest BCUT2D eigenvalue weighted by molar-refractivity contribution is 0.134. The second kappa shape index (κ2) is 5.32. The summed E-state index contributed by atoms with van der Waals surface area (Å²) < 4.78 is 5.44. The number of aromatic nitrogens is 1. The number of pyridine rings is 1. The van der Waals surface area contributed by atoms with Crippen molar-refractivity contribution in [2.24, 2.45) is 0 Å². The van der Waals surface area contributed by atoms with E-state index in [4.69, 9.17) is 16.3 Å². The van der Waals surface area contributed by atoms with Gasteiger partial charge in [-0.3, -0.25) is 4.98 Å². The smallest absolute Gasteiger partial charge is 0.0725 e. The first-order chi connectivity index (χ1) is 9.25. The summed E-state index contributed by atoms with van der Waals surface area (Å²) in [6.45, 7) is 3.58. The number of rotatable bonds is 3. The Morgan fingerprint density at radius 2 is 1.79 bits per heavy atom. The number of hydrogen-bond acceptors (Lipinski definition) is 2. The average Bonchev–Trinajstić information content (AvgIpc) is 2.94. The van der Waals surface area contributed by atoms with Crippen LogP contribution in [0.1, 0.15) is 40.5 Å². The number of hydrogen-bond donors (Lipinski definition) is 0. The van der Waals surface area contributed by atoms with E-state index in [0.29, 0.717) is 6.61 Å².